The van der Waals surface area contributed by atoms with Gasteiger partial charge in [0.05, 0.1) is 10.5 Å². The van der Waals surface area contributed by atoms with E-state index in [2.05, 4.69) is 0 Å². The molecule has 0 heterocycles. The maximum Gasteiger partial charge on any atom is 0.338 e. The molecule has 0 amide bonds. The molecule has 0 saturated heterocycles. The van der Waals surface area contributed by atoms with E-state index in [-0.39, 0.29) is 12.3 Å². The van der Waals surface area contributed by atoms with Crippen molar-refractivity contribution < 1.29 is 19.2 Å². The first-order valence-corrected chi connectivity index (χ1v) is 8.70. The molecule has 0 aliphatic rings. The van der Waals surface area contributed by atoms with E-state index < -0.39 is 10.9 Å². The SMILES string of the molecule is Cc1ccc(OCc2ccc(C(=O)OCc3cccc([N+](=O)[O-])c3)cc2)cc1. The maximum absolute atomic E-state index is 12.2. The summed E-state index contributed by atoms with van der Waals surface area (Å²) in [5.41, 5.74) is 3.03. The number of rotatable bonds is 7. The van der Waals surface area contributed by atoms with Crippen LogP contribution in [0.5, 0.6) is 5.75 Å². The zero-order valence-corrected chi connectivity index (χ0v) is 15.3. The van der Waals surface area contributed by atoms with E-state index in [0.29, 0.717) is 17.7 Å². The normalized spacial score (nSPS) is 10.3. The van der Waals surface area contributed by atoms with Gasteiger partial charge >= 0.3 is 5.97 Å². The lowest BCUT2D eigenvalue weighted by Gasteiger charge is -2.08. The molecule has 0 fully saturated rings. The minimum absolute atomic E-state index is 0.0290. The average molecular weight is 377 g/mol. The molecule has 142 valence electrons. The molecule has 0 atom stereocenters. The van der Waals surface area contributed by atoms with Gasteiger partial charge in [0.2, 0.25) is 0 Å². The lowest BCUT2D eigenvalue weighted by Crippen LogP contribution is -2.06. The standard InChI is InChI=1S/C22H19NO5/c1-16-5-11-21(12-6-16)27-14-17-7-9-19(10-8-17)22(24)28-15-18-3-2-4-20(13-18)23(25)26/h2-13H,14-15H2,1H3. The highest BCUT2D eigenvalue weighted by Gasteiger charge is 2.10. The Labute approximate surface area is 162 Å². The van der Waals surface area contributed by atoms with Crippen LogP contribution in [0, 0.1) is 17.0 Å². The first-order chi connectivity index (χ1) is 13.5. The molecule has 6 nitrogen and oxygen atoms in total. The van der Waals surface area contributed by atoms with Crippen molar-refractivity contribution in [3.05, 3.63) is 105 Å². The zero-order chi connectivity index (χ0) is 19.9. The van der Waals surface area contributed by atoms with E-state index >= 15 is 0 Å². The van der Waals surface area contributed by atoms with Crippen LogP contribution in [0.3, 0.4) is 0 Å². The van der Waals surface area contributed by atoms with Gasteiger partial charge in [0.25, 0.3) is 5.69 Å². The van der Waals surface area contributed by atoms with Crippen LogP contribution in [0.2, 0.25) is 0 Å². The predicted octanol–water partition coefficient (Wildman–Crippen LogP) is 4.84. The first-order valence-electron chi connectivity index (χ1n) is 8.70. The topological polar surface area (TPSA) is 78.7 Å². The number of non-ortho nitro benzene ring substituents is 1. The van der Waals surface area contributed by atoms with Crippen molar-refractivity contribution in [2.45, 2.75) is 20.1 Å². The van der Waals surface area contributed by atoms with Gasteiger partial charge in [-0.05, 0) is 42.3 Å². The van der Waals surface area contributed by atoms with Crippen LogP contribution in [0.15, 0.2) is 72.8 Å². The molecule has 3 aromatic rings. The van der Waals surface area contributed by atoms with Crippen LogP contribution >= 0.6 is 0 Å². The fraction of sp³-hybridized carbons (Fsp3) is 0.136. The highest BCUT2D eigenvalue weighted by Crippen LogP contribution is 2.16. The average Bonchev–Trinajstić information content (AvgIpc) is 2.72. The number of carbonyl (C=O) groups is 1. The second kappa shape index (κ2) is 8.81. The van der Waals surface area contributed by atoms with Crippen LogP contribution in [0.1, 0.15) is 27.0 Å². The predicted molar refractivity (Wildman–Crippen MR) is 104 cm³/mol. The highest BCUT2D eigenvalue weighted by molar-refractivity contribution is 5.89. The number of hydrogen-bond donors (Lipinski definition) is 0. The van der Waals surface area contributed by atoms with Crippen molar-refractivity contribution in [3.8, 4) is 5.75 Å². The van der Waals surface area contributed by atoms with Crippen LogP contribution < -0.4 is 4.74 Å². The molecule has 0 aliphatic carbocycles. The van der Waals surface area contributed by atoms with Gasteiger partial charge in [-0.2, -0.15) is 0 Å². The van der Waals surface area contributed by atoms with Gasteiger partial charge < -0.3 is 9.47 Å². The number of aryl methyl sites for hydroxylation is 1. The number of hydrogen-bond acceptors (Lipinski definition) is 5. The third-order valence-electron chi connectivity index (χ3n) is 4.11. The summed E-state index contributed by atoms with van der Waals surface area (Å²) in [7, 11) is 0. The Hall–Kier alpha value is -3.67. The van der Waals surface area contributed by atoms with Crippen molar-refractivity contribution in [2.75, 3.05) is 0 Å². The van der Waals surface area contributed by atoms with Crippen molar-refractivity contribution >= 4 is 11.7 Å². The molecular formula is C22H19NO5. The van der Waals surface area contributed by atoms with Gasteiger partial charge in [-0.3, -0.25) is 10.1 Å². The first kappa shape index (κ1) is 19.1. The molecule has 0 spiro atoms. The fourth-order valence-electron chi connectivity index (χ4n) is 2.53. The molecule has 0 radical (unpaired) electrons. The van der Waals surface area contributed by atoms with Crippen molar-refractivity contribution in [1.29, 1.82) is 0 Å². The van der Waals surface area contributed by atoms with E-state index in [4.69, 9.17) is 9.47 Å². The summed E-state index contributed by atoms with van der Waals surface area (Å²) in [4.78, 5) is 22.5. The van der Waals surface area contributed by atoms with Crippen LogP contribution in [0.4, 0.5) is 5.69 Å². The summed E-state index contributed by atoms with van der Waals surface area (Å²) in [5.74, 6) is 0.295. The van der Waals surface area contributed by atoms with Crippen LogP contribution in [0.25, 0.3) is 0 Å². The summed E-state index contributed by atoms with van der Waals surface area (Å²) in [6, 6.07) is 20.7. The monoisotopic (exact) mass is 377 g/mol. The summed E-state index contributed by atoms with van der Waals surface area (Å²) in [6.07, 6.45) is 0. The molecule has 28 heavy (non-hydrogen) atoms. The molecular weight excluding hydrogens is 358 g/mol. The van der Waals surface area contributed by atoms with E-state index in [0.717, 1.165) is 11.3 Å². The molecule has 0 bridgehead atoms. The Morgan fingerprint density at radius 3 is 2.32 bits per heavy atom. The zero-order valence-electron chi connectivity index (χ0n) is 15.3. The highest BCUT2D eigenvalue weighted by atomic mass is 16.6. The third-order valence-corrected chi connectivity index (χ3v) is 4.11. The van der Waals surface area contributed by atoms with Crippen LogP contribution in [-0.4, -0.2) is 10.9 Å². The van der Waals surface area contributed by atoms with Gasteiger partial charge in [0.1, 0.15) is 19.0 Å². The summed E-state index contributed by atoms with van der Waals surface area (Å²) in [5, 5.41) is 10.8. The largest absolute Gasteiger partial charge is 0.489 e. The summed E-state index contributed by atoms with van der Waals surface area (Å²) < 4.78 is 10.9. The van der Waals surface area contributed by atoms with E-state index in [9.17, 15) is 14.9 Å². The number of benzene rings is 3. The number of esters is 1. The third kappa shape index (κ3) is 5.17. The number of nitro benzene ring substituents is 1. The Morgan fingerprint density at radius 2 is 1.64 bits per heavy atom. The lowest BCUT2D eigenvalue weighted by molar-refractivity contribution is -0.384. The van der Waals surface area contributed by atoms with Crippen molar-refractivity contribution in [2.24, 2.45) is 0 Å². The quantitative estimate of drug-likeness (QED) is 0.334. The van der Waals surface area contributed by atoms with Crippen molar-refractivity contribution in [1.82, 2.24) is 0 Å². The van der Waals surface area contributed by atoms with Gasteiger partial charge in [0, 0.05) is 12.1 Å². The Morgan fingerprint density at radius 1 is 0.929 bits per heavy atom. The molecule has 3 aromatic carbocycles. The minimum atomic E-state index is -0.488. The number of nitrogens with zero attached hydrogens (tertiary/aromatic N) is 1. The molecule has 0 saturated carbocycles. The van der Waals surface area contributed by atoms with Crippen molar-refractivity contribution in [3.63, 3.8) is 0 Å². The second-order valence-electron chi connectivity index (χ2n) is 6.30. The summed E-state index contributed by atoms with van der Waals surface area (Å²) in [6.45, 7) is 2.38. The molecule has 6 heteroatoms. The number of ether oxygens (including phenoxy) is 2. The van der Waals surface area contributed by atoms with E-state index in [1.807, 2.05) is 31.2 Å². The van der Waals surface area contributed by atoms with Gasteiger partial charge in [-0.1, -0.05) is 42.0 Å². The Bertz CT molecular complexity index is 965. The molecule has 0 aromatic heterocycles. The lowest BCUT2D eigenvalue weighted by atomic mass is 10.1. The maximum atomic E-state index is 12.2. The van der Waals surface area contributed by atoms with Gasteiger partial charge in [0.15, 0.2) is 0 Å². The molecule has 0 unspecified atom stereocenters. The second-order valence-corrected chi connectivity index (χ2v) is 6.30. The van der Waals surface area contributed by atoms with Crippen LogP contribution in [-0.2, 0) is 18.0 Å². The molecule has 0 N–H and O–H groups in total. The minimum Gasteiger partial charge on any atom is -0.489 e. The molecule has 3 rings (SSSR count). The Balaban J connectivity index is 1.54. The number of carbonyl (C=O) groups excluding carboxylic acids is 1. The molecule has 0 aliphatic heterocycles. The number of nitro groups is 1. The fourth-order valence-corrected chi connectivity index (χ4v) is 2.53. The Kier molecular flexibility index (Phi) is 6.01. The van der Waals surface area contributed by atoms with E-state index in [1.165, 1.54) is 17.7 Å². The van der Waals surface area contributed by atoms with Gasteiger partial charge in [-0.25, -0.2) is 4.79 Å². The van der Waals surface area contributed by atoms with E-state index in [1.54, 1.807) is 36.4 Å². The summed E-state index contributed by atoms with van der Waals surface area (Å²) >= 11 is 0. The van der Waals surface area contributed by atoms with Gasteiger partial charge in [-0.15, -0.1) is 0 Å². The smallest absolute Gasteiger partial charge is 0.338 e.